The zero-order valence-corrected chi connectivity index (χ0v) is 17.4. The molecular weight excluding hydrogens is 428 g/mol. The number of amides is 1. The third-order valence-electron chi connectivity index (χ3n) is 4.99. The number of carbonyl (C=O) groups excluding carboxylic acids is 1. The molecule has 0 aliphatic carbocycles. The van der Waals surface area contributed by atoms with Gasteiger partial charge < -0.3 is 10.1 Å². The first-order chi connectivity index (χ1) is 15.9. The molecule has 0 aliphatic heterocycles. The number of benzene rings is 3. The molecule has 33 heavy (non-hydrogen) atoms. The van der Waals surface area contributed by atoms with E-state index in [4.69, 9.17) is 11.2 Å². The fourth-order valence-corrected chi connectivity index (χ4v) is 3.47. The van der Waals surface area contributed by atoms with Crippen molar-refractivity contribution in [2.24, 2.45) is 7.05 Å². The van der Waals surface area contributed by atoms with Crippen molar-refractivity contribution in [3.8, 4) is 35.1 Å². The number of carbonyl (C=O) groups is 1. The van der Waals surface area contributed by atoms with E-state index in [-0.39, 0.29) is 23.6 Å². The summed E-state index contributed by atoms with van der Waals surface area (Å²) in [5, 5.41) is 7.99. The maximum atomic E-state index is 14.3. The topological polar surface area (TPSA) is 73.2 Å². The van der Waals surface area contributed by atoms with Crippen LogP contribution in [0.4, 0.5) is 8.78 Å². The van der Waals surface area contributed by atoms with Crippen molar-refractivity contribution in [2.75, 3.05) is 0 Å². The highest BCUT2D eigenvalue weighted by Crippen LogP contribution is 2.38. The number of terminal acetylenes is 1. The Morgan fingerprint density at radius 3 is 2.58 bits per heavy atom. The molecule has 0 fully saturated rings. The number of hydrogen-bond acceptors (Lipinski definition) is 4. The van der Waals surface area contributed by atoms with Gasteiger partial charge in [-0.25, -0.2) is 13.5 Å². The van der Waals surface area contributed by atoms with Crippen LogP contribution in [0.3, 0.4) is 0 Å². The summed E-state index contributed by atoms with van der Waals surface area (Å²) in [6, 6.07) is 14.8. The third-order valence-corrected chi connectivity index (χ3v) is 4.99. The highest BCUT2D eigenvalue weighted by Gasteiger charge is 2.20. The first-order valence-corrected chi connectivity index (χ1v) is 9.84. The Balaban J connectivity index is 1.96. The summed E-state index contributed by atoms with van der Waals surface area (Å²) in [6.07, 6.45) is 5.15. The molecule has 1 N–H and O–H groups in total. The number of rotatable bonds is 5. The number of aryl methyl sites for hydroxylation is 1. The summed E-state index contributed by atoms with van der Waals surface area (Å²) in [5.41, 5.74) is 1.08. The van der Waals surface area contributed by atoms with Crippen LogP contribution < -0.4 is 15.6 Å². The molecule has 0 radical (unpaired) electrons. The normalized spacial score (nSPS) is 10.6. The minimum atomic E-state index is -0.884. The van der Waals surface area contributed by atoms with E-state index in [1.54, 1.807) is 42.5 Å². The molecule has 0 unspecified atom stereocenters. The number of halogens is 2. The number of aromatic nitrogens is 2. The summed E-state index contributed by atoms with van der Waals surface area (Å²) < 4.78 is 34.7. The van der Waals surface area contributed by atoms with Crippen molar-refractivity contribution in [1.29, 1.82) is 0 Å². The van der Waals surface area contributed by atoms with Crippen molar-refractivity contribution in [1.82, 2.24) is 15.1 Å². The van der Waals surface area contributed by atoms with Crippen LogP contribution in [0.1, 0.15) is 5.56 Å². The van der Waals surface area contributed by atoms with Crippen LogP contribution in [0.5, 0.6) is 11.5 Å². The van der Waals surface area contributed by atoms with Gasteiger partial charge in [-0.1, -0.05) is 30.3 Å². The molecule has 0 saturated heterocycles. The molecule has 0 spiro atoms. The van der Waals surface area contributed by atoms with E-state index in [0.29, 0.717) is 33.7 Å². The molecule has 0 aliphatic rings. The fraction of sp³-hybridized carbons (Fsp3) is 0.0800. The molecule has 0 saturated carbocycles. The number of nitrogens with zero attached hydrogens (tertiary/aromatic N) is 2. The van der Waals surface area contributed by atoms with Crippen LogP contribution in [-0.2, 0) is 18.4 Å². The molecule has 4 aromatic rings. The first kappa shape index (κ1) is 21.7. The Morgan fingerprint density at radius 2 is 1.85 bits per heavy atom. The highest BCUT2D eigenvalue weighted by atomic mass is 19.1. The van der Waals surface area contributed by atoms with Gasteiger partial charge in [-0.05, 0) is 35.7 Å². The van der Waals surface area contributed by atoms with Crippen molar-refractivity contribution >= 4 is 16.7 Å². The summed E-state index contributed by atoms with van der Waals surface area (Å²) in [6.45, 7) is 0.0281. The molecule has 6 nitrogen and oxygen atoms in total. The van der Waals surface area contributed by atoms with Crippen molar-refractivity contribution in [2.45, 2.75) is 6.54 Å². The lowest BCUT2D eigenvalue weighted by Gasteiger charge is -2.17. The van der Waals surface area contributed by atoms with Gasteiger partial charge in [0.1, 0.15) is 17.3 Å². The van der Waals surface area contributed by atoms with E-state index < -0.39 is 17.5 Å². The van der Waals surface area contributed by atoms with Gasteiger partial charge in [-0.3, -0.25) is 9.59 Å². The molecular formula is C25H17F2N3O3. The van der Waals surface area contributed by atoms with E-state index >= 15 is 0 Å². The minimum absolute atomic E-state index is 0.0281. The molecule has 8 heteroatoms. The molecule has 1 aromatic heterocycles. The molecule has 0 bridgehead atoms. The minimum Gasteiger partial charge on any atom is -0.454 e. The van der Waals surface area contributed by atoms with Crippen LogP contribution in [0.25, 0.3) is 22.0 Å². The van der Waals surface area contributed by atoms with E-state index in [1.807, 2.05) is 5.92 Å². The van der Waals surface area contributed by atoms with Gasteiger partial charge >= 0.3 is 0 Å². The molecule has 1 heterocycles. The highest BCUT2D eigenvalue weighted by molar-refractivity contribution is 5.96. The Bertz CT molecular complexity index is 1490. The lowest BCUT2D eigenvalue weighted by atomic mass is 9.98. The van der Waals surface area contributed by atoms with E-state index in [0.717, 1.165) is 6.07 Å². The fourth-order valence-electron chi connectivity index (χ4n) is 3.47. The van der Waals surface area contributed by atoms with Crippen molar-refractivity contribution in [3.63, 3.8) is 0 Å². The average molecular weight is 445 g/mol. The monoisotopic (exact) mass is 445 g/mol. The number of nitrogens with one attached hydrogen (secondary N) is 1. The number of fused-ring (bicyclic) bond motifs is 1. The Morgan fingerprint density at radius 1 is 1.09 bits per heavy atom. The Labute approximate surface area is 187 Å². The first-order valence-electron chi connectivity index (χ1n) is 9.84. The second-order valence-electron chi connectivity index (χ2n) is 7.12. The lowest BCUT2D eigenvalue weighted by Crippen LogP contribution is -2.22. The third kappa shape index (κ3) is 4.29. The van der Waals surface area contributed by atoms with Gasteiger partial charge in [-0.15, -0.1) is 6.42 Å². The van der Waals surface area contributed by atoms with Gasteiger partial charge in [0.05, 0.1) is 10.9 Å². The number of ether oxygens (including phenoxy) is 1. The van der Waals surface area contributed by atoms with Gasteiger partial charge in [0.2, 0.25) is 0 Å². The molecule has 3 aromatic carbocycles. The summed E-state index contributed by atoms with van der Waals surface area (Å²) in [5.74, 6) is -0.258. The van der Waals surface area contributed by atoms with Crippen LogP contribution in [0.15, 0.2) is 65.5 Å². The largest absolute Gasteiger partial charge is 0.454 e. The van der Waals surface area contributed by atoms with Crippen LogP contribution in [-0.4, -0.2) is 15.7 Å². The summed E-state index contributed by atoms with van der Waals surface area (Å²) in [7, 11) is 1.52. The summed E-state index contributed by atoms with van der Waals surface area (Å²) in [4.78, 5) is 24.3. The van der Waals surface area contributed by atoms with Crippen LogP contribution in [0.2, 0.25) is 0 Å². The average Bonchev–Trinajstić information content (AvgIpc) is 2.82. The van der Waals surface area contributed by atoms with Crippen LogP contribution >= 0.6 is 0 Å². The standard InChI is InChI=1S/C25H17F2N3O3/c1-3-22(31)28-14-15-7-6-10-21(33-20-12-11-16(26)13-19(20)27)23(15)24-17-8-4-5-9-18(17)25(32)30(2)29-24/h1,4-13H,14H2,2H3,(H,28,31). The van der Waals surface area contributed by atoms with Gasteiger partial charge in [0.25, 0.3) is 11.5 Å². The van der Waals surface area contributed by atoms with Gasteiger partial charge in [0, 0.05) is 25.0 Å². The molecule has 1 amide bonds. The SMILES string of the molecule is C#CC(=O)NCc1cccc(Oc2ccc(F)cc2F)c1-c1nn(C)c(=O)c2ccccc12. The summed E-state index contributed by atoms with van der Waals surface area (Å²) >= 11 is 0. The number of hydrogen-bond donors (Lipinski definition) is 1. The van der Waals surface area contributed by atoms with E-state index in [1.165, 1.54) is 17.8 Å². The predicted molar refractivity (Wildman–Crippen MR) is 120 cm³/mol. The predicted octanol–water partition coefficient (Wildman–Crippen LogP) is 3.92. The lowest BCUT2D eigenvalue weighted by molar-refractivity contribution is -0.115. The quantitative estimate of drug-likeness (QED) is 0.473. The van der Waals surface area contributed by atoms with Crippen molar-refractivity contribution < 1.29 is 18.3 Å². The maximum Gasteiger partial charge on any atom is 0.295 e. The smallest absolute Gasteiger partial charge is 0.295 e. The second kappa shape index (κ2) is 8.93. The molecule has 4 rings (SSSR count). The van der Waals surface area contributed by atoms with Gasteiger partial charge in [-0.2, -0.15) is 5.10 Å². The molecule has 0 atom stereocenters. The van der Waals surface area contributed by atoms with E-state index in [2.05, 4.69) is 10.4 Å². The van der Waals surface area contributed by atoms with Crippen molar-refractivity contribution in [3.05, 3.63) is 88.2 Å². The second-order valence-corrected chi connectivity index (χ2v) is 7.12. The van der Waals surface area contributed by atoms with E-state index in [9.17, 15) is 18.4 Å². The molecule has 164 valence electrons. The maximum absolute atomic E-state index is 14.3. The zero-order chi connectivity index (χ0) is 23.5. The van der Waals surface area contributed by atoms with Gasteiger partial charge in [0.15, 0.2) is 11.6 Å². The Hall–Kier alpha value is -4.51. The Kier molecular flexibility index (Phi) is 5.87. The zero-order valence-electron chi connectivity index (χ0n) is 17.4. The van der Waals surface area contributed by atoms with Crippen LogP contribution in [0, 0.1) is 24.0 Å².